The summed E-state index contributed by atoms with van der Waals surface area (Å²) in [6.45, 7) is 0. The molecule has 0 bridgehead atoms. The molecule has 2 amide bonds. The van der Waals surface area contributed by atoms with Crippen LogP contribution in [0.5, 0.6) is 0 Å². The summed E-state index contributed by atoms with van der Waals surface area (Å²) in [6, 6.07) is 4.73. The topological polar surface area (TPSA) is 72.9 Å². The minimum Gasteiger partial charge on any atom is -0.420 e. The lowest BCUT2D eigenvalue weighted by Gasteiger charge is -2.32. The van der Waals surface area contributed by atoms with E-state index in [-0.39, 0.29) is 28.3 Å². The van der Waals surface area contributed by atoms with Crippen LogP contribution >= 0.6 is 0 Å². The van der Waals surface area contributed by atoms with E-state index < -0.39 is 119 Å². The number of hydrogen-bond donors (Lipinski definition) is 0. The number of nitrogens with zero attached hydrogens (tertiary/aromatic N) is 1. The van der Waals surface area contributed by atoms with Crippen LogP contribution in [-0.2, 0) is 19.2 Å². The van der Waals surface area contributed by atoms with Crippen LogP contribution in [0.2, 0.25) is 0 Å². The Hall–Kier alpha value is -4.93. The van der Waals surface area contributed by atoms with Crippen molar-refractivity contribution in [2.45, 2.75) is 66.8 Å². The quantitative estimate of drug-likeness (QED) is 0.136. The summed E-state index contributed by atoms with van der Waals surface area (Å²) in [6.07, 6.45) is -21.2. The fourth-order valence-electron chi connectivity index (χ4n) is 4.82. The van der Waals surface area contributed by atoms with Gasteiger partial charge in [0.2, 0.25) is 0 Å². The molecule has 0 spiro atoms. The van der Waals surface area contributed by atoms with E-state index in [4.69, 9.17) is 4.74 Å². The number of hydroxylamine groups is 2. The minimum atomic E-state index is -7.24. The zero-order valence-corrected chi connectivity index (χ0v) is 25.6. The van der Waals surface area contributed by atoms with Crippen LogP contribution in [0, 0.1) is 0 Å². The third-order valence-corrected chi connectivity index (χ3v) is 7.70. The molecular weight excluding hydrogens is 796 g/mol. The van der Waals surface area contributed by atoms with E-state index in [2.05, 4.69) is 4.84 Å². The van der Waals surface area contributed by atoms with Gasteiger partial charge >= 0.3 is 54.0 Å². The Kier molecular flexibility index (Phi) is 10.2. The number of fused-ring (bicyclic) bond motifs is 3. The Morgan fingerprint density at radius 1 is 0.574 bits per heavy atom. The molecule has 2 aromatic rings. The number of rotatable bonds is 10. The number of benzene rings is 2. The van der Waals surface area contributed by atoms with E-state index in [1.54, 1.807) is 0 Å². The van der Waals surface area contributed by atoms with Gasteiger partial charge < -0.3 is 4.74 Å². The molecule has 1 fully saturated rings. The number of allylic oxidation sites excluding steroid dienone is 2. The fraction of sp³-hybridized carbons (Fsp3) is 0.367. The third-order valence-electron chi connectivity index (χ3n) is 7.70. The zero-order chi connectivity index (χ0) is 41.3. The van der Waals surface area contributed by atoms with E-state index in [1.807, 2.05) is 0 Å². The van der Waals surface area contributed by atoms with Crippen molar-refractivity contribution in [2.75, 3.05) is 0 Å². The minimum absolute atomic E-state index is 0.0601. The van der Waals surface area contributed by atoms with Crippen molar-refractivity contribution in [3.8, 4) is 11.1 Å². The van der Waals surface area contributed by atoms with Gasteiger partial charge in [-0.1, -0.05) is 41.5 Å². The molecule has 0 unspecified atom stereocenters. The second-order valence-corrected chi connectivity index (χ2v) is 11.3. The van der Waals surface area contributed by atoms with E-state index in [1.165, 1.54) is 0 Å². The Bertz CT molecular complexity index is 1770. The molecule has 0 radical (unpaired) electrons. The number of amides is 2. The first kappa shape index (κ1) is 41.8. The Morgan fingerprint density at radius 3 is 1.26 bits per heavy atom. The van der Waals surface area contributed by atoms with Crippen LogP contribution in [0.25, 0.3) is 23.3 Å². The number of hydrogen-bond acceptors (Lipinski definition) is 5. The first-order chi connectivity index (χ1) is 24.3. The highest BCUT2D eigenvalue weighted by molar-refractivity contribution is 6.01. The zero-order valence-electron chi connectivity index (χ0n) is 25.6. The summed E-state index contributed by atoms with van der Waals surface area (Å²) in [7, 11) is 0. The van der Waals surface area contributed by atoms with Crippen molar-refractivity contribution in [1.29, 1.82) is 0 Å². The van der Waals surface area contributed by atoms with Crippen molar-refractivity contribution >= 4 is 30.1 Å². The predicted molar refractivity (Wildman–Crippen MR) is 142 cm³/mol. The molecule has 2 aromatic carbocycles. The van der Waals surface area contributed by atoms with Gasteiger partial charge in [0.25, 0.3) is 11.8 Å². The van der Waals surface area contributed by atoms with Gasteiger partial charge in [0, 0.05) is 24.0 Å². The molecule has 1 saturated heterocycles. The van der Waals surface area contributed by atoms with Gasteiger partial charge in [-0.2, -0.15) is 79.0 Å². The molecule has 24 heteroatoms. The van der Waals surface area contributed by atoms with Crippen LogP contribution in [0.15, 0.2) is 48.6 Å². The van der Waals surface area contributed by atoms with E-state index in [9.17, 15) is 93.4 Å². The number of halogens is 18. The molecule has 6 nitrogen and oxygen atoms in total. The molecule has 54 heavy (non-hydrogen) atoms. The van der Waals surface area contributed by atoms with Crippen LogP contribution in [0.4, 0.5) is 83.8 Å². The molecule has 1 aliphatic heterocycles. The standard InChI is InChI=1S/C30H15F18NO5/c31-23(32,25(35,36)27(39,40)29(43,44)45)9-7-13-1-3-15-16-4-2-14(8-10-24(33,34)26(37,38)28(41,42)30(46,47)48)12-18(16)21(17(15)11-13)53-22(52)54-49-19(50)5-6-20(49)51/h1-4,7-12,21H,5-6H2/b9-7+,10-8+. The van der Waals surface area contributed by atoms with Gasteiger partial charge in [0.15, 0.2) is 6.10 Å². The largest absolute Gasteiger partial charge is 0.534 e. The van der Waals surface area contributed by atoms with E-state index in [0.29, 0.717) is 12.1 Å². The van der Waals surface area contributed by atoms with Crippen molar-refractivity contribution in [2.24, 2.45) is 0 Å². The van der Waals surface area contributed by atoms with Crippen LogP contribution in [0.1, 0.15) is 41.2 Å². The van der Waals surface area contributed by atoms with Gasteiger partial charge in [0.1, 0.15) is 0 Å². The van der Waals surface area contributed by atoms with Gasteiger partial charge in [-0.15, -0.1) is 0 Å². The van der Waals surface area contributed by atoms with Crippen LogP contribution < -0.4 is 0 Å². The number of ether oxygens (including phenoxy) is 1. The summed E-state index contributed by atoms with van der Waals surface area (Å²) in [4.78, 5) is 40.8. The van der Waals surface area contributed by atoms with Crippen molar-refractivity contribution < 1.29 is 103 Å². The molecule has 0 saturated carbocycles. The van der Waals surface area contributed by atoms with Crippen LogP contribution in [0.3, 0.4) is 0 Å². The average Bonchev–Trinajstić information content (AvgIpc) is 3.51. The average molecular weight is 811 g/mol. The Balaban J connectivity index is 1.75. The maximum absolute atomic E-state index is 14.1. The first-order valence-electron chi connectivity index (χ1n) is 14.1. The molecule has 4 rings (SSSR count). The second-order valence-electron chi connectivity index (χ2n) is 11.3. The normalized spacial score (nSPS) is 16.8. The molecule has 1 heterocycles. The molecule has 0 N–H and O–H groups in total. The highest BCUT2D eigenvalue weighted by Gasteiger charge is 2.82. The summed E-state index contributed by atoms with van der Waals surface area (Å²) < 4.78 is 245. The van der Waals surface area contributed by atoms with E-state index in [0.717, 1.165) is 24.3 Å². The number of carbonyl (C=O) groups is 3. The SMILES string of the molecule is O=C(OC1c2cc(/C=C/C(F)(F)C(F)(F)C(F)(F)C(F)(F)F)ccc2-c2ccc(/C=C/C(F)(F)C(F)(F)C(F)(F)C(F)(F)F)cc21)ON1C(=O)CCC1=O. The van der Waals surface area contributed by atoms with Crippen molar-refractivity contribution in [3.63, 3.8) is 0 Å². The first-order valence-corrected chi connectivity index (χ1v) is 14.1. The fourth-order valence-corrected chi connectivity index (χ4v) is 4.82. The number of carbonyl (C=O) groups excluding carboxylic acids is 3. The summed E-state index contributed by atoms with van der Waals surface area (Å²) >= 11 is 0. The summed E-state index contributed by atoms with van der Waals surface area (Å²) in [5.74, 6) is -43.1. The van der Waals surface area contributed by atoms with Crippen LogP contribution in [-0.4, -0.2) is 70.9 Å². The molecule has 2 aliphatic rings. The van der Waals surface area contributed by atoms with Crippen molar-refractivity contribution in [3.05, 3.63) is 70.8 Å². The number of imide groups is 1. The lowest BCUT2D eigenvalue weighted by Crippen LogP contribution is -2.60. The van der Waals surface area contributed by atoms with Gasteiger partial charge in [0.05, 0.1) is 0 Å². The molecular formula is C30H15F18NO5. The predicted octanol–water partition coefficient (Wildman–Crippen LogP) is 9.94. The lowest BCUT2D eigenvalue weighted by molar-refractivity contribution is -0.388. The molecule has 296 valence electrons. The summed E-state index contributed by atoms with van der Waals surface area (Å²) in [5.41, 5.74) is -2.53. The third kappa shape index (κ3) is 6.93. The van der Waals surface area contributed by atoms with Gasteiger partial charge in [-0.05, 0) is 46.5 Å². The summed E-state index contributed by atoms with van der Waals surface area (Å²) in [5, 5.41) is -0.0601. The maximum atomic E-state index is 14.1. The highest BCUT2D eigenvalue weighted by Crippen LogP contribution is 2.55. The Labute approximate surface area is 287 Å². The maximum Gasteiger partial charge on any atom is 0.534 e. The number of alkyl halides is 18. The molecule has 0 atom stereocenters. The van der Waals surface area contributed by atoms with Gasteiger partial charge in [-0.25, -0.2) is 4.79 Å². The monoisotopic (exact) mass is 811 g/mol. The second kappa shape index (κ2) is 13.1. The highest BCUT2D eigenvalue weighted by atomic mass is 19.4. The smallest absolute Gasteiger partial charge is 0.420 e. The van der Waals surface area contributed by atoms with E-state index >= 15 is 0 Å². The Morgan fingerprint density at radius 2 is 0.926 bits per heavy atom. The van der Waals surface area contributed by atoms with Gasteiger partial charge in [-0.3, -0.25) is 14.4 Å². The molecule has 1 aliphatic carbocycles. The molecule has 0 aromatic heterocycles. The lowest BCUT2D eigenvalue weighted by atomic mass is 10.00. The van der Waals surface area contributed by atoms with Crippen molar-refractivity contribution in [1.82, 2.24) is 5.06 Å².